The summed E-state index contributed by atoms with van der Waals surface area (Å²) in [5, 5.41) is 21.4. The Morgan fingerprint density at radius 3 is 1.51 bits per heavy atom. The van der Waals surface area contributed by atoms with Crippen molar-refractivity contribution in [2.75, 3.05) is 0 Å². The number of hydrogen-bond donors (Lipinski definition) is 2. The van der Waals surface area contributed by atoms with Crippen molar-refractivity contribution in [1.82, 2.24) is 4.73 Å². The minimum atomic E-state index is -1.51. The van der Waals surface area contributed by atoms with Crippen LogP contribution in [0.3, 0.4) is 0 Å². The van der Waals surface area contributed by atoms with Crippen molar-refractivity contribution in [3.63, 3.8) is 0 Å². The standard InChI is InChI=1S/C27H27NO11/c1-15(2)23(31)37-26(16(3)4)38-27(34)39-28-21(29)19(35-24(32)17-11-7-5-8-12-17)20(22(28)30)36-25(33)18-13-9-6-10-14-18/h5-16,26,29-30H,1-4H3/t26-/m1/s1. The maximum absolute atomic E-state index is 12.6. The molecule has 3 rings (SSSR count). The number of hydrogen-bond acceptors (Lipinski definition) is 11. The van der Waals surface area contributed by atoms with E-state index >= 15 is 0 Å². The van der Waals surface area contributed by atoms with E-state index in [0.29, 0.717) is 0 Å². The summed E-state index contributed by atoms with van der Waals surface area (Å²) < 4.78 is 20.7. The van der Waals surface area contributed by atoms with Crippen molar-refractivity contribution in [2.24, 2.45) is 11.8 Å². The Balaban J connectivity index is 1.92. The lowest BCUT2D eigenvalue weighted by Crippen LogP contribution is -2.33. The molecule has 0 aliphatic heterocycles. The van der Waals surface area contributed by atoms with Crippen LogP contribution in [0.4, 0.5) is 4.79 Å². The van der Waals surface area contributed by atoms with Gasteiger partial charge in [0.05, 0.1) is 17.0 Å². The first-order valence-electron chi connectivity index (χ1n) is 11.8. The van der Waals surface area contributed by atoms with Crippen LogP contribution in [0.5, 0.6) is 23.3 Å². The summed E-state index contributed by atoms with van der Waals surface area (Å²) in [6.45, 7) is 6.39. The quantitative estimate of drug-likeness (QED) is 0.297. The summed E-state index contributed by atoms with van der Waals surface area (Å²) in [5.41, 5.74) is 0.132. The Bertz CT molecular complexity index is 1250. The van der Waals surface area contributed by atoms with Gasteiger partial charge in [0.25, 0.3) is 18.1 Å². The van der Waals surface area contributed by atoms with Gasteiger partial charge in [-0.1, -0.05) is 68.8 Å². The number of rotatable bonds is 9. The zero-order valence-corrected chi connectivity index (χ0v) is 21.5. The molecule has 0 aliphatic rings. The Kier molecular flexibility index (Phi) is 9.15. The van der Waals surface area contributed by atoms with Gasteiger partial charge >= 0.3 is 24.1 Å². The van der Waals surface area contributed by atoms with E-state index in [2.05, 4.69) is 0 Å². The monoisotopic (exact) mass is 541 g/mol. The van der Waals surface area contributed by atoms with Gasteiger partial charge in [-0.05, 0) is 24.3 Å². The summed E-state index contributed by atoms with van der Waals surface area (Å²) in [4.78, 5) is 54.6. The second-order valence-electron chi connectivity index (χ2n) is 8.77. The van der Waals surface area contributed by atoms with Crippen LogP contribution in [0.15, 0.2) is 60.7 Å². The van der Waals surface area contributed by atoms with Gasteiger partial charge in [-0.25, -0.2) is 14.4 Å². The summed E-state index contributed by atoms with van der Waals surface area (Å²) in [6, 6.07) is 15.2. The van der Waals surface area contributed by atoms with E-state index < -0.39 is 65.4 Å². The van der Waals surface area contributed by atoms with Crippen molar-refractivity contribution in [1.29, 1.82) is 0 Å². The van der Waals surface area contributed by atoms with E-state index in [9.17, 15) is 29.4 Å². The van der Waals surface area contributed by atoms with Gasteiger partial charge in [0.2, 0.25) is 11.5 Å². The van der Waals surface area contributed by atoms with Gasteiger partial charge in [0.15, 0.2) is 0 Å². The first-order valence-corrected chi connectivity index (χ1v) is 11.8. The number of esters is 3. The second kappa shape index (κ2) is 12.5. The molecule has 0 bridgehead atoms. The van der Waals surface area contributed by atoms with E-state index in [0.717, 1.165) is 0 Å². The smallest absolute Gasteiger partial charge is 0.490 e. The van der Waals surface area contributed by atoms with Crippen LogP contribution in [0, 0.1) is 11.8 Å². The maximum Gasteiger partial charge on any atom is 0.537 e. The van der Waals surface area contributed by atoms with Crippen molar-refractivity contribution >= 4 is 24.1 Å². The third-order valence-electron chi connectivity index (χ3n) is 5.03. The van der Waals surface area contributed by atoms with Crippen LogP contribution in [-0.4, -0.2) is 45.3 Å². The molecule has 2 N–H and O–H groups in total. The molecule has 2 aromatic carbocycles. The summed E-state index contributed by atoms with van der Waals surface area (Å²) in [6.07, 6.45) is -2.87. The molecule has 1 heterocycles. The predicted octanol–water partition coefficient (Wildman–Crippen LogP) is 4.08. The normalized spacial score (nSPS) is 11.5. The fourth-order valence-electron chi connectivity index (χ4n) is 2.95. The molecule has 12 heteroatoms. The molecule has 206 valence electrons. The average molecular weight is 542 g/mol. The molecule has 0 amide bonds. The number of benzene rings is 2. The third-order valence-corrected chi connectivity index (χ3v) is 5.03. The second-order valence-corrected chi connectivity index (χ2v) is 8.77. The van der Waals surface area contributed by atoms with Gasteiger partial charge in [0.1, 0.15) is 0 Å². The van der Waals surface area contributed by atoms with Crippen molar-refractivity contribution in [3.05, 3.63) is 71.8 Å². The van der Waals surface area contributed by atoms with Crippen LogP contribution in [0.25, 0.3) is 0 Å². The number of aromatic hydroxyl groups is 2. The van der Waals surface area contributed by atoms with Gasteiger partial charge in [0, 0.05) is 5.92 Å². The maximum atomic E-state index is 12.6. The van der Waals surface area contributed by atoms with Crippen molar-refractivity contribution < 1.29 is 53.2 Å². The molecule has 3 aromatic rings. The minimum absolute atomic E-state index is 0.0662. The molecular formula is C27H27NO11. The minimum Gasteiger partial charge on any atom is -0.490 e. The number of nitrogens with zero attached hydrogens (tertiary/aromatic N) is 1. The Hall–Kier alpha value is -5.00. The zero-order chi connectivity index (χ0) is 28.7. The lowest BCUT2D eigenvalue weighted by Gasteiger charge is -2.21. The Labute approximate surface area is 223 Å². The Morgan fingerprint density at radius 1 is 0.692 bits per heavy atom. The van der Waals surface area contributed by atoms with Crippen LogP contribution in [0.2, 0.25) is 0 Å². The SMILES string of the molecule is CC(C)C(=O)O[C@H](OC(=O)On1c(O)c(OC(=O)c2ccccc2)c(OC(=O)c2ccccc2)c1O)C(C)C. The van der Waals surface area contributed by atoms with E-state index in [1.807, 2.05) is 0 Å². The highest BCUT2D eigenvalue weighted by atomic mass is 16.9. The van der Waals surface area contributed by atoms with Gasteiger partial charge in [-0.3, -0.25) is 9.63 Å². The molecule has 0 saturated carbocycles. The van der Waals surface area contributed by atoms with Gasteiger partial charge < -0.3 is 29.2 Å². The van der Waals surface area contributed by atoms with Crippen LogP contribution < -0.4 is 14.3 Å². The summed E-state index contributed by atoms with van der Waals surface area (Å²) in [5.74, 6) is -7.45. The molecule has 0 unspecified atom stereocenters. The first kappa shape index (κ1) is 28.6. The molecule has 0 aliphatic carbocycles. The molecule has 39 heavy (non-hydrogen) atoms. The molecule has 1 atom stereocenters. The first-order chi connectivity index (χ1) is 18.5. The number of carbonyl (C=O) groups is 4. The number of aromatic nitrogens is 1. The summed E-state index contributed by atoms with van der Waals surface area (Å²) >= 11 is 0. The molecule has 1 aromatic heterocycles. The highest BCUT2D eigenvalue weighted by molar-refractivity contribution is 5.94. The summed E-state index contributed by atoms with van der Waals surface area (Å²) in [7, 11) is 0. The van der Waals surface area contributed by atoms with E-state index in [1.165, 1.54) is 24.3 Å². The predicted molar refractivity (Wildman–Crippen MR) is 133 cm³/mol. The van der Waals surface area contributed by atoms with E-state index in [-0.39, 0.29) is 15.9 Å². The lowest BCUT2D eigenvalue weighted by molar-refractivity contribution is -0.183. The van der Waals surface area contributed by atoms with Crippen LogP contribution in [-0.2, 0) is 14.3 Å². The van der Waals surface area contributed by atoms with E-state index in [1.54, 1.807) is 64.1 Å². The molecular weight excluding hydrogens is 514 g/mol. The lowest BCUT2D eigenvalue weighted by atomic mass is 10.2. The molecule has 0 radical (unpaired) electrons. The Morgan fingerprint density at radius 2 is 1.13 bits per heavy atom. The topological polar surface area (TPSA) is 160 Å². The van der Waals surface area contributed by atoms with Crippen molar-refractivity contribution in [3.8, 4) is 23.3 Å². The molecule has 12 nitrogen and oxygen atoms in total. The largest absolute Gasteiger partial charge is 0.537 e. The van der Waals surface area contributed by atoms with Gasteiger partial charge in [-0.15, -0.1) is 0 Å². The molecule has 0 saturated heterocycles. The number of carbonyl (C=O) groups excluding carboxylic acids is 4. The molecule has 0 spiro atoms. The van der Waals surface area contributed by atoms with Crippen LogP contribution >= 0.6 is 0 Å². The van der Waals surface area contributed by atoms with Crippen molar-refractivity contribution in [2.45, 2.75) is 34.0 Å². The van der Waals surface area contributed by atoms with Gasteiger partial charge in [-0.2, -0.15) is 0 Å². The highest BCUT2D eigenvalue weighted by Crippen LogP contribution is 2.47. The van der Waals surface area contributed by atoms with Crippen LogP contribution in [0.1, 0.15) is 48.4 Å². The highest BCUT2D eigenvalue weighted by Gasteiger charge is 2.34. The third kappa shape index (κ3) is 7.06. The number of ether oxygens (including phenoxy) is 4. The molecule has 0 fully saturated rings. The fraction of sp³-hybridized carbons (Fsp3) is 0.259. The zero-order valence-electron chi connectivity index (χ0n) is 21.5. The van der Waals surface area contributed by atoms with E-state index in [4.69, 9.17) is 23.8 Å². The average Bonchev–Trinajstić information content (AvgIpc) is 3.12. The fourth-order valence-corrected chi connectivity index (χ4v) is 2.95.